The van der Waals surface area contributed by atoms with Gasteiger partial charge in [-0.1, -0.05) is 24.3 Å². The predicted octanol–water partition coefficient (Wildman–Crippen LogP) is 2.74. The fourth-order valence-corrected chi connectivity index (χ4v) is 1.96. The van der Waals surface area contributed by atoms with Crippen molar-refractivity contribution >= 4 is 22.5 Å². The molecule has 3 nitrogen and oxygen atoms in total. The number of aryl methyl sites for hydroxylation is 1. The third kappa shape index (κ3) is 3.30. The molecule has 0 amide bonds. The molecule has 0 saturated heterocycles. The summed E-state index contributed by atoms with van der Waals surface area (Å²) in [5.74, 6) is 2.14. The van der Waals surface area contributed by atoms with Crippen LogP contribution in [0.25, 0.3) is 10.8 Å². The fourth-order valence-electron chi connectivity index (χ4n) is 1.96. The van der Waals surface area contributed by atoms with Gasteiger partial charge in [-0.25, -0.2) is 4.79 Å². The lowest BCUT2D eigenvalue weighted by Gasteiger charge is -2.05. The predicted molar refractivity (Wildman–Crippen MR) is 74.1 cm³/mol. The number of rotatable bonds is 5. The second kappa shape index (κ2) is 5.98. The van der Waals surface area contributed by atoms with Gasteiger partial charge in [0.05, 0.1) is 13.2 Å². The maximum Gasteiger partial charge on any atom is 0.166 e. The molecule has 0 radical (unpaired) electrons. The zero-order valence-electron chi connectivity index (χ0n) is 10.7. The first-order valence-electron chi connectivity index (χ1n) is 6.03. The highest BCUT2D eigenvalue weighted by Crippen LogP contribution is 2.22. The largest absolute Gasteiger partial charge is 0.497 e. The number of carbonyl (C=O) groups excluding carboxylic acids is 2. The van der Waals surface area contributed by atoms with Crippen LogP contribution < -0.4 is 4.74 Å². The zero-order valence-corrected chi connectivity index (χ0v) is 10.7. The molecule has 0 bridgehead atoms. The molecule has 2 rings (SSSR count). The van der Waals surface area contributed by atoms with E-state index in [1.807, 2.05) is 36.4 Å². The van der Waals surface area contributed by atoms with Gasteiger partial charge in [0.25, 0.3) is 0 Å². The van der Waals surface area contributed by atoms with Crippen LogP contribution in [0, 0.1) is 0 Å². The molecule has 0 atom stereocenters. The fraction of sp³-hybridized carbons (Fsp3) is 0.188. The number of methoxy groups -OCH3 is 1. The van der Waals surface area contributed by atoms with Crippen LogP contribution in [0.4, 0.5) is 0 Å². The van der Waals surface area contributed by atoms with E-state index < -0.39 is 0 Å². The topological polar surface area (TPSA) is 43.4 Å². The third-order valence-electron chi connectivity index (χ3n) is 2.99. The minimum atomic E-state index is -0.190. The van der Waals surface area contributed by atoms with Crippen LogP contribution in [0.15, 0.2) is 42.5 Å². The van der Waals surface area contributed by atoms with Crippen LogP contribution in [-0.4, -0.2) is 18.8 Å². The highest BCUT2D eigenvalue weighted by Gasteiger charge is 2.02. The number of carbonyl (C=O) groups is 1. The van der Waals surface area contributed by atoms with Crippen LogP contribution in [0.5, 0.6) is 5.75 Å². The molecule has 0 aliphatic carbocycles. The molecule has 0 unspecified atom stereocenters. The first kappa shape index (κ1) is 13.1. The summed E-state index contributed by atoms with van der Waals surface area (Å²) in [6, 6.07) is 11.9. The van der Waals surface area contributed by atoms with Crippen molar-refractivity contribution in [2.45, 2.75) is 12.8 Å². The molecule has 0 heterocycles. The first-order valence-corrected chi connectivity index (χ1v) is 6.03. The smallest absolute Gasteiger partial charge is 0.166 e. The highest BCUT2D eigenvalue weighted by molar-refractivity contribution is 5.96. The lowest BCUT2D eigenvalue weighted by atomic mass is 10.0. The van der Waals surface area contributed by atoms with Crippen molar-refractivity contribution in [3.8, 4) is 5.75 Å². The van der Waals surface area contributed by atoms with Crippen molar-refractivity contribution in [2.75, 3.05) is 7.11 Å². The van der Waals surface area contributed by atoms with Gasteiger partial charge in [-0.3, -0.25) is 4.79 Å². The van der Waals surface area contributed by atoms with Crippen LogP contribution in [-0.2, 0) is 16.0 Å². The van der Waals surface area contributed by atoms with Crippen molar-refractivity contribution in [3.63, 3.8) is 0 Å². The molecule has 0 fully saturated rings. The number of hydrogen-bond acceptors (Lipinski definition) is 3. The van der Waals surface area contributed by atoms with Gasteiger partial charge < -0.3 is 4.74 Å². The SMILES string of the molecule is COc1ccc2cc(CCC(=O)C=C=O)ccc2c1. The lowest BCUT2D eigenvalue weighted by molar-refractivity contribution is -0.114. The van der Waals surface area contributed by atoms with E-state index in [-0.39, 0.29) is 5.78 Å². The Labute approximate surface area is 111 Å². The number of ketones is 1. The standard InChI is InChI=1S/C16H14O3/c1-19-16-7-5-13-10-12(2-4-14(13)11-16)3-6-15(18)8-9-17/h2,4-5,7-8,10-11H,3,6H2,1H3. The summed E-state index contributed by atoms with van der Waals surface area (Å²) in [4.78, 5) is 21.3. The number of ether oxygens (including phenoxy) is 1. The van der Waals surface area contributed by atoms with Crippen LogP contribution in [0.1, 0.15) is 12.0 Å². The van der Waals surface area contributed by atoms with Crippen molar-refractivity contribution in [1.29, 1.82) is 0 Å². The van der Waals surface area contributed by atoms with Crippen molar-refractivity contribution in [1.82, 2.24) is 0 Å². The monoisotopic (exact) mass is 254 g/mol. The molecule has 0 aliphatic rings. The quantitative estimate of drug-likeness (QED) is 0.608. The van der Waals surface area contributed by atoms with Crippen LogP contribution in [0.3, 0.4) is 0 Å². The molecule has 0 N–H and O–H groups in total. The lowest BCUT2D eigenvalue weighted by Crippen LogP contribution is -1.96. The van der Waals surface area contributed by atoms with E-state index in [0.29, 0.717) is 12.8 Å². The van der Waals surface area contributed by atoms with Crippen molar-refractivity contribution < 1.29 is 14.3 Å². The summed E-state index contributed by atoms with van der Waals surface area (Å²) >= 11 is 0. The Balaban J connectivity index is 2.17. The highest BCUT2D eigenvalue weighted by atomic mass is 16.5. The van der Waals surface area contributed by atoms with Crippen LogP contribution >= 0.6 is 0 Å². The van der Waals surface area contributed by atoms with Crippen molar-refractivity contribution in [2.24, 2.45) is 0 Å². The summed E-state index contributed by atoms with van der Waals surface area (Å²) in [5, 5.41) is 2.21. The van der Waals surface area contributed by atoms with E-state index in [9.17, 15) is 9.59 Å². The average Bonchev–Trinajstić information content (AvgIpc) is 2.44. The summed E-state index contributed by atoms with van der Waals surface area (Å²) in [6.07, 6.45) is 1.90. The molecule has 0 aliphatic heterocycles. The molecule has 2 aromatic carbocycles. The Bertz CT molecular complexity index is 652. The zero-order chi connectivity index (χ0) is 13.7. The minimum absolute atomic E-state index is 0.190. The number of allylic oxidation sites excluding steroid dienone is 1. The molecular weight excluding hydrogens is 240 g/mol. The van der Waals surface area contributed by atoms with Gasteiger partial charge in [-0.2, -0.15) is 0 Å². The van der Waals surface area contributed by atoms with Gasteiger partial charge >= 0.3 is 0 Å². The summed E-state index contributed by atoms with van der Waals surface area (Å²) in [7, 11) is 1.64. The normalized spacial score (nSPS) is 9.95. The van der Waals surface area contributed by atoms with Crippen LogP contribution in [0.2, 0.25) is 0 Å². The van der Waals surface area contributed by atoms with Gasteiger partial charge in [0.15, 0.2) is 5.78 Å². The molecular formula is C16H14O3. The van der Waals surface area contributed by atoms with E-state index >= 15 is 0 Å². The van der Waals surface area contributed by atoms with E-state index in [1.54, 1.807) is 7.11 Å². The van der Waals surface area contributed by atoms with Gasteiger partial charge in [-0.15, -0.1) is 0 Å². The number of hydrogen-bond donors (Lipinski definition) is 0. The van der Waals surface area contributed by atoms with Gasteiger partial charge in [0.1, 0.15) is 11.7 Å². The molecule has 3 heteroatoms. The van der Waals surface area contributed by atoms with E-state index in [2.05, 4.69) is 0 Å². The van der Waals surface area contributed by atoms with E-state index in [1.165, 1.54) is 5.94 Å². The van der Waals surface area contributed by atoms with Gasteiger partial charge in [0.2, 0.25) is 0 Å². The first-order chi connectivity index (χ1) is 9.22. The number of benzene rings is 2. The van der Waals surface area contributed by atoms with Gasteiger partial charge in [0, 0.05) is 6.42 Å². The van der Waals surface area contributed by atoms with Gasteiger partial charge in [-0.05, 0) is 34.9 Å². The Kier molecular flexibility index (Phi) is 4.11. The second-order valence-corrected chi connectivity index (χ2v) is 4.28. The summed E-state index contributed by atoms with van der Waals surface area (Å²) in [5.41, 5.74) is 1.07. The van der Waals surface area contributed by atoms with Crippen molar-refractivity contribution in [3.05, 3.63) is 48.0 Å². The molecule has 0 saturated carbocycles. The van der Waals surface area contributed by atoms with E-state index in [0.717, 1.165) is 28.2 Å². The maximum absolute atomic E-state index is 11.2. The maximum atomic E-state index is 11.2. The summed E-state index contributed by atoms with van der Waals surface area (Å²) in [6.45, 7) is 0. The molecule has 96 valence electrons. The number of fused-ring (bicyclic) bond motifs is 1. The second-order valence-electron chi connectivity index (χ2n) is 4.28. The Morgan fingerprint density at radius 2 is 1.95 bits per heavy atom. The summed E-state index contributed by atoms with van der Waals surface area (Å²) < 4.78 is 5.17. The molecule has 19 heavy (non-hydrogen) atoms. The average molecular weight is 254 g/mol. The molecule has 2 aromatic rings. The third-order valence-corrected chi connectivity index (χ3v) is 2.99. The molecule has 0 aromatic heterocycles. The Morgan fingerprint density at radius 3 is 2.68 bits per heavy atom. The Morgan fingerprint density at radius 1 is 1.21 bits per heavy atom. The minimum Gasteiger partial charge on any atom is -0.497 e. The van der Waals surface area contributed by atoms with E-state index in [4.69, 9.17) is 4.74 Å². The molecule has 0 spiro atoms. The Hall–Kier alpha value is -2.38.